The molecule has 1 amide bonds. The van der Waals surface area contributed by atoms with Crippen LogP contribution in [0, 0.1) is 10.1 Å². The second kappa shape index (κ2) is 7.95. The van der Waals surface area contributed by atoms with Gasteiger partial charge >= 0.3 is 0 Å². The van der Waals surface area contributed by atoms with Gasteiger partial charge in [0.2, 0.25) is 10.0 Å². The largest absolute Gasteiger partial charge is 0.383 e. The summed E-state index contributed by atoms with van der Waals surface area (Å²) < 4.78 is 26.7. The molecular formula is C18H20N4O5S. The summed E-state index contributed by atoms with van der Waals surface area (Å²) in [5, 5.41) is 13.9. The number of hydrogen-bond donors (Lipinski definition) is 1. The second-order valence-corrected chi connectivity index (χ2v) is 8.19. The predicted molar refractivity (Wildman–Crippen MR) is 104 cm³/mol. The number of amides is 1. The number of nitrogens with zero attached hydrogens (tertiary/aromatic N) is 3. The van der Waals surface area contributed by atoms with Crippen molar-refractivity contribution < 1.29 is 18.1 Å². The van der Waals surface area contributed by atoms with Gasteiger partial charge in [0.1, 0.15) is 5.69 Å². The van der Waals surface area contributed by atoms with Crippen molar-refractivity contribution in [1.82, 2.24) is 9.21 Å². The van der Waals surface area contributed by atoms with Gasteiger partial charge in [-0.3, -0.25) is 14.9 Å². The fourth-order valence-electron chi connectivity index (χ4n) is 3.08. The van der Waals surface area contributed by atoms with Gasteiger partial charge < -0.3 is 10.2 Å². The van der Waals surface area contributed by atoms with Crippen molar-refractivity contribution >= 4 is 27.3 Å². The molecule has 28 heavy (non-hydrogen) atoms. The molecular weight excluding hydrogens is 384 g/mol. The van der Waals surface area contributed by atoms with Crippen LogP contribution in [-0.2, 0) is 10.0 Å². The van der Waals surface area contributed by atoms with E-state index in [0.29, 0.717) is 5.69 Å². The van der Waals surface area contributed by atoms with Crippen LogP contribution in [0.2, 0.25) is 0 Å². The average molecular weight is 404 g/mol. The highest BCUT2D eigenvalue weighted by molar-refractivity contribution is 7.89. The van der Waals surface area contributed by atoms with Gasteiger partial charge in [-0.15, -0.1) is 0 Å². The van der Waals surface area contributed by atoms with Crippen molar-refractivity contribution in [2.75, 3.05) is 38.5 Å². The first-order chi connectivity index (χ1) is 13.3. The molecule has 1 aliphatic rings. The minimum absolute atomic E-state index is 0.166. The van der Waals surface area contributed by atoms with Gasteiger partial charge in [0, 0.05) is 44.9 Å². The van der Waals surface area contributed by atoms with E-state index in [0.717, 1.165) is 0 Å². The summed E-state index contributed by atoms with van der Waals surface area (Å²) in [4.78, 5) is 25.1. The van der Waals surface area contributed by atoms with Crippen LogP contribution >= 0.6 is 0 Å². The minimum atomic E-state index is -3.60. The van der Waals surface area contributed by atoms with Gasteiger partial charge in [-0.05, 0) is 24.3 Å². The maximum Gasteiger partial charge on any atom is 0.293 e. The fourth-order valence-corrected chi connectivity index (χ4v) is 4.53. The van der Waals surface area contributed by atoms with E-state index in [2.05, 4.69) is 5.32 Å². The number of nitrogens with one attached hydrogen (secondary N) is 1. The summed E-state index contributed by atoms with van der Waals surface area (Å²) in [5.41, 5.74) is 0.337. The number of anilines is 1. The third-order valence-electron chi connectivity index (χ3n) is 4.62. The second-order valence-electron chi connectivity index (χ2n) is 6.25. The zero-order chi connectivity index (χ0) is 20.3. The van der Waals surface area contributed by atoms with E-state index < -0.39 is 14.9 Å². The van der Waals surface area contributed by atoms with Crippen LogP contribution in [0.4, 0.5) is 11.4 Å². The van der Waals surface area contributed by atoms with Crippen LogP contribution in [0.15, 0.2) is 53.4 Å². The smallest absolute Gasteiger partial charge is 0.293 e. The fraction of sp³-hybridized carbons (Fsp3) is 0.278. The van der Waals surface area contributed by atoms with Gasteiger partial charge in [0.05, 0.1) is 9.82 Å². The Kier molecular flexibility index (Phi) is 5.61. The van der Waals surface area contributed by atoms with E-state index in [4.69, 9.17) is 0 Å². The Hall–Kier alpha value is -2.98. The number of benzene rings is 2. The van der Waals surface area contributed by atoms with Crippen molar-refractivity contribution in [3.63, 3.8) is 0 Å². The van der Waals surface area contributed by atoms with Crippen LogP contribution in [0.1, 0.15) is 10.4 Å². The molecule has 9 nitrogen and oxygen atoms in total. The Balaban J connectivity index is 1.72. The molecule has 0 saturated carbocycles. The third kappa shape index (κ3) is 3.82. The SMILES string of the molecule is CNc1ccc(C(=O)N2CCN(S(=O)(=O)c3ccccc3)CC2)cc1[N+](=O)[O-]. The molecule has 1 saturated heterocycles. The van der Waals surface area contributed by atoms with Crippen molar-refractivity contribution in [3.8, 4) is 0 Å². The summed E-state index contributed by atoms with van der Waals surface area (Å²) in [5.74, 6) is -0.359. The maximum atomic E-state index is 12.7. The van der Waals surface area contributed by atoms with Crippen LogP contribution in [0.5, 0.6) is 0 Å². The van der Waals surface area contributed by atoms with Crippen LogP contribution < -0.4 is 5.32 Å². The summed E-state index contributed by atoms with van der Waals surface area (Å²) >= 11 is 0. The van der Waals surface area contributed by atoms with Crippen LogP contribution in [-0.4, -0.2) is 61.7 Å². The molecule has 0 atom stereocenters. The molecule has 10 heteroatoms. The molecule has 2 aromatic carbocycles. The highest BCUT2D eigenvalue weighted by Crippen LogP contribution is 2.26. The number of piperazine rings is 1. The van der Waals surface area contributed by atoms with Gasteiger partial charge in [0.25, 0.3) is 11.6 Å². The van der Waals surface area contributed by atoms with Gasteiger partial charge in [0.15, 0.2) is 0 Å². The van der Waals surface area contributed by atoms with E-state index in [1.54, 1.807) is 25.2 Å². The quantitative estimate of drug-likeness (QED) is 0.600. The number of sulfonamides is 1. The average Bonchev–Trinajstić information content (AvgIpc) is 2.73. The zero-order valence-corrected chi connectivity index (χ0v) is 16.1. The summed E-state index contributed by atoms with van der Waals surface area (Å²) in [6.45, 7) is 0.762. The van der Waals surface area contributed by atoms with Gasteiger partial charge in [-0.2, -0.15) is 4.31 Å². The van der Waals surface area contributed by atoms with E-state index in [1.165, 1.54) is 39.5 Å². The molecule has 0 bridgehead atoms. The van der Waals surface area contributed by atoms with Crippen molar-refractivity contribution in [3.05, 3.63) is 64.2 Å². The first kappa shape index (κ1) is 19.8. The Morgan fingerprint density at radius 3 is 2.29 bits per heavy atom. The molecule has 1 aliphatic heterocycles. The molecule has 0 unspecified atom stereocenters. The lowest BCUT2D eigenvalue weighted by Gasteiger charge is -2.34. The molecule has 1 heterocycles. The van der Waals surface area contributed by atoms with E-state index in [1.807, 2.05) is 0 Å². The number of rotatable bonds is 5. The number of carbonyl (C=O) groups excluding carboxylic acids is 1. The van der Waals surface area contributed by atoms with Crippen molar-refractivity contribution in [2.45, 2.75) is 4.90 Å². The lowest BCUT2D eigenvalue weighted by Crippen LogP contribution is -2.50. The normalized spacial score (nSPS) is 15.2. The van der Waals surface area contributed by atoms with Crippen molar-refractivity contribution in [1.29, 1.82) is 0 Å². The Labute approximate surface area is 162 Å². The third-order valence-corrected chi connectivity index (χ3v) is 6.53. The molecule has 0 aromatic heterocycles. The Bertz CT molecular complexity index is 986. The monoisotopic (exact) mass is 404 g/mol. The van der Waals surface area contributed by atoms with Gasteiger partial charge in [-0.25, -0.2) is 8.42 Å². The topological polar surface area (TPSA) is 113 Å². The predicted octanol–water partition coefficient (Wildman–Crippen LogP) is 1.78. The number of nitro groups is 1. The maximum absolute atomic E-state index is 12.7. The first-order valence-corrected chi connectivity index (χ1v) is 10.1. The number of nitro benzene ring substituents is 1. The molecule has 0 spiro atoms. The highest BCUT2D eigenvalue weighted by atomic mass is 32.2. The first-order valence-electron chi connectivity index (χ1n) is 8.65. The zero-order valence-electron chi connectivity index (χ0n) is 15.2. The van der Waals surface area contributed by atoms with E-state index in [-0.39, 0.29) is 48.2 Å². The minimum Gasteiger partial charge on any atom is -0.383 e. The molecule has 1 fully saturated rings. The lowest BCUT2D eigenvalue weighted by molar-refractivity contribution is -0.384. The lowest BCUT2D eigenvalue weighted by atomic mass is 10.1. The molecule has 148 valence electrons. The number of hydrogen-bond acceptors (Lipinski definition) is 6. The van der Waals surface area contributed by atoms with Crippen molar-refractivity contribution in [2.24, 2.45) is 0 Å². The van der Waals surface area contributed by atoms with E-state index in [9.17, 15) is 23.3 Å². The van der Waals surface area contributed by atoms with E-state index >= 15 is 0 Å². The molecule has 0 aliphatic carbocycles. The Morgan fingerprint density at radius 1 is 1.07 bits per heavy atom. The Morgan fingerprint density at radius 2 is 1.71 bits per heavy atom. The summed E-state index contributed by atoms with van der Waals surface area (Å²) in [6.07, 6.45) is 0. The molecule has 2 aromatic rings. The molecule has 1 N–H and O–H groups in total. The molecule has 3 rings (SSSR count). The summed E-state index contributed by atoms with van der Waals surface area (Å²) in [6, 6.07) is 12.4. The van der Waals surface area contributed by atoms with Crippen LogP contribution in [0.3, 0.4) is 0 Å². The number of carbonyl (C=O) groups is 1. The van der Waals surface area contributed by atoms with Crippen LogP contribution in [0.25, 0.3) is 0 Å². The highest BCUT2D eigenvalue weighted by Gasteiger charge is 2.30. The molecule has 0 radical (unpaired) electrons. The van der Waals surface area contributed by atoms with Gasteiger partial charge in [-0.1, -0.05) is 18.2 Å². The standard InChI is InChI=1S/C18H20N4O5S/c1-19-16-8-7-14(13-17(16)22(24)25)18(23)20-9-11-21(12-10-20)28(26,27)15-5-3-2-4-6-15/h2-8,13,19H,9-12H2,1H3. The summed E-state index contributed by atoms with van der Waals surface area (Å²) in [7, 11) is -2.04.